The summed E-state index contributed by atoms with van der Waals surface area (Å²) < 4.78 is 5.52. The van der Waals surface area contributed by atoms with Gasteiger partial charge in [-0.2, -0.15) is 4.98 Å². The van der Waals surface area contributed by atoms with Gasteiger partial charge in [0.15, 0.2) is 0 Å². The van der Waals surface area contributed by atoms with Crippen molar-refractivity contribution in [3.8, 4) is 11.4 Å². The van der Waals surface area contributed by atoms with Gasteiger partial charge < -0.3 is 14.5 Å². The molecule has 0 spiro atoms. The van der Waals surface area contributed by atoms with Crippen molar-refractivity contribution in [3.63, 3.8) is 0 Å². The van der Waals surface area contributed by atoms with Crippen molar-refractivity contribution >= 4 is 0 Å². The summed E-state index contributed by atoms with van der Waals surface area (Å²) in [5.41, 5.74) is 0.975. The number of hydrogen-bond acceptors (Lipinski definition) is 7. The number of nitrogens with zero attached hydrogens (tertiary/aromatic N) is 5. The Hall–Kier alpha value is -1.80. The number of benzene rings is 1. The van der Waals surface area contributed by atoms with E-state index in [1.54, 1.807) is 0 Å². The molecule has 0 bridgehead atoms. The highest BCUT2D eigenvalue weighted by molar-refractivity contribution is 5.53. The summed E-state index contributed by atoms with van der Waals surface area (Å²) in [5.74, 6) is 1.31. The maximum atomic E-state index is 9.66. The van der Waals surface area contributed by atoms with E-state index in [1.807, 2.05) is 30.3 Å². The molecule has 0 unspecified atom stereocenters. The van der Waals surface area contributed by atoms with Gasteiger partial charge in [-0.05, 0) is 46.2 Å². The lowest BCUT2D eigenvalue weighted by Gasteiger charge is -2.47. The molecule has 1 atom stereocenters. The highest BCUT2D eigenvalue weighted by Gasteiger charge is 2.34. The molecule has 2 saturated heterocycles. The first-order chi connectivity index (χ1) is 14.6. The minimum absolute atomic E-state index is 0.235. The van der Waals surface area contributed by atoms with Crippen molar-refractivity contribution < 1.29 is 9.63 Å². The molecule has 2 aliphatic rings. The largest absolute Gasteiger partial charge is 0.396 e. The zero-order valence-corrected chi connectivity index (χ0v) is 18.3. The second-order valence-corrected chi connectivity index (χ2v) is 8.88. The SMILES string of the molecule is CC(C)N1CCC(N2CCN(Cc3nc(-c4ccccc4)no3)C[C@@H]2CCO)CC1. The average molecular weight is 414 g/mol. The molecule has 1 N–H and O–H groups in total. The quantitative estimate of drug-likeness (QED) is 0.748. The molecule has 4 rings (SSSR count). The number of piperidine rings is 1. The molecule has 3 heterocycles. The van der Waals surface area contributed by atoms with Crippen LogP contribution in [0, 0.1) is 0 Å². The van der Waals surface area contributed by atoms with Crippen molar-refractivity contribution in [2.45, 2.75) is 57.8 Å². The predicted octanol–water partition coefficient (Wildman–Crippen LogP) is 2.48. The maximum Gasteiger partial charge on any atom is 0.241 e. The summed E-state index contributed by atoms with van der Waals surface area (Å²) in [4.78, 5) is 12.2. The van der Waals surface area contributed by atoms with Gasteiger partial charge >= 0.3 is 0 Å². The van der Waals surface area contributed by atoms with Gasteiger partial charge in [0.1, 0.15) is 0 Å². The zero-order chi connectivity index (χ0) is 20.9. The number of piperazine rings is 1. The summed E-state index contributed by atoms with van der Waals surface area (Å²) in [6.45, 7) is 10.8. The smallest absolute Gasteiger partial charge is 0.241 e. The first kappa shape index (κ1) is 21.4. The summed E-state index contributed by atoms with van der Waals surface area (Å²) in [5, 5.41) is 13.8. The Balaban J connectivity index is 1.35. The van der Waals surface area contributed by atoms with E-state index in [2.05, 4.69) is 38.7 Å². The lowest BCUT2D eigenvalue weighted by atomic mass is 9.97. The van der Waals surface area contributed by atoms with E-state index in [4.69, 9.17) is 4.52 Å². The van der Waals surface area contributed by atoms with Crippen molar-refractivity contribution in [2.75, 3.05) is 39.3 Å². The van der Waals surface area contributed by atoms with Crippen LogP contribution in [0.25, 0.3) is 11.4 Å². The van der Waals surface area contributed by atoms with E-state index in [1.165, 1.54) is 25.9 Å². The van der Waals surface area contributed by atoms with Crippen LogP contribution < -0.4 is 0 Å². The van der Waals surface area contributed by atoms with Gasteiger partial charge in [-0.3, -0.25) is 9.80 Å². The molecular weight excluding hydrogens is 378 g/mol. The van der Waals surface area contributed by atoms with Gasteiger partial charge in [-0.1, -0.05) is 35.5 Å². The minimum Gasteiger partial charge on any atom is -0.396 e. The molecule has 1 aromatic heterocycles. The van der Waals surface area contributed by atoms with Crippen LogP contribution >= 0.6 is 0 Å². The summed E-state index contributed by atoms with van der Waals surface area (Å²) in [6.07, 6.45) is 3.27. The Morgan fingerprint density at radius 2 is 1.87 bits per heavy atom. The number of aliphatic hydroxyl groups is 1. The van der Waals surface area contributed by atoms with Gasteiger partial charge in [0, 0.05) is 49.9 Å². The third-order valence-electron chi connectivity index (χ3n) is 6.63. The summed E-state index contributed by atoms with van der Waals surface area (Å²) in [6, 6.07) is 11.6. The fraction of sp³-hybridized carbons (Fsp3) is 0.652. The Labute approximate surface area is 179 Å². The average Bonchev–Trinajstić information content (AvgIpc) is 3.23. The van der Waals surface area contributed by atoms with Crippen LogP contribution in [0.2, 0.25) is 0 Å². The second kappa shape index (κ2) is 10.0. The van der Waals surface area contributed by atoms with Crippen LogP contribution in [0.5, 0.6) is 0 Å². The third-order valence-corrected chi connectivity index (χ3v) is 6.63. The number of rotatable bonds is 7. The normalized spacial score (nSPS) is 22.7. The molecule has 1 aromatic carbocycles. The van der Waals surface area contributed by atoms with E-state index in [-0.39, 0.29) is 6.61 Å². The topological polar surface area (TPSA) is 68.9 Å². The van der Waals surface area contributed by atoms with E-state index >= 15 is 0 Å². The Bertz CT molecular complexity index is 773. The van der Waals surface area contributed by atoms with Crippen LogP contribution in [0.3, 0.4) is 0 Å². The van der Waals surface area contributed by atoms with Crippen molar-refractivity contribution in [3.05, 3.63) is 36.2 Å². The number of likely N-dealkylation sites (tertiary alicyclic amines) is 1. The van der Waals surface area contributed by atoms with Crippen LogP contribution in [-0.2, 0) is 6.54 Å². The molecule has 7 nitrogen and oxygen atoms in total. The van der Waals surface area contributed by atoms with E-state index < -0.39 is 0 Å². The Morgan fingerprint density at radius 3 is 2.57 bits per heavy atom. The Morgan fingerprint density at radius 1 is 1.10 bits per heavy atom. The van der Waals surface area contributed by atoms with E-state index in [9.17, 15) is 5.11 Å². The highest BCUT2D eigenvalue weighted by Crippen LogP contribution is 2.25. The van der Waals surface area contributed by atoms with E-state index in [0.717, 1.165) is 31.6 Å². The molecule has 2 fully saturated rings. The van der Waals surface area contributed by atoms with Crippen LogP contribution in [0.4, 0.5) is 0 Å². The van der Waals surface area contributed by atoms with Gasteiger partial charge in [0.25, 0.3) is 0 Å². The fourth-order valence-corrected chi connectivity index (χ4v) is 4.91. The van der Waals surface area contributed by atoms with E-state index in [0.29, 0.717) is 36.4 Å². The molecule has 2 aromatic rings. The number of hydrogen-bond donors (Lipinski definition) is 1. The third kappa shape index (κ3) is 5.09. The van der Waals surface area contributed by atoms with Crippen LogP contribution in [0.15, 0.2) is 34.9 Å². The molecule has 2 aliphatic heterocycles. The maximum absolute atomic E-state index is 9.66. The highest BCUT2D eigenvalue weighted by atomic mass is 16.5. The molecule has 164 valence electrons. The lowest BCUT2D eigenvalue weighted by Crippen LogP contribution is -2.58. The van der Waals surface area contributed by atoms with Crippen LogP contribution in [-0.4, -0.2) is 87.4 Å². The molecule has 0 aliphatic carbocycles. The minimum atomic E-state index is 0.235. The molecule has 0 saturated carbocycles. The van der Waals surface area contributed by atoms with Gasteiger partial charge in [0.05, 0.1) is 6.54 Å². The zero-order valence-electron chi connectivity index (χ0n) is 18.3. The first-order valence-electron chi connectivity index (χ1n) is 11.3. The standard InChI is InChI=1S/C23H35N5O2/c1-18(2)27-11-8-20(9-12-27)28-14-13-26(16-21(28)10-15-29)17-22-24-23(25-30-22)19-6-4-3-5-7-19/h3-7,18,20-21,29H,8-17H2,1-2H3/t21-/m0/s1. The van der Waals surface area contributed by atoms with Crippen molar-refractivity contribution in [1.29, 1.82) is 0 Å². The second-order valence-electron chi connectivity index (χ2n) is 8.88. The van der Waals surface area contributed by atoms with Crippen molar-refractivity contribution in [2.24, 2.45) is 0 Å². The number of aliphatic hydroxyl groups excluding tert-OH is 1. The first-order valence-corrected chi connectivity index (χ1v) is 11.3. The molecule has 7 heteroatoms. The Kier molecular flexibility index (Phi) is 7.15. The van der Waals surface area contributed by atoms with Gasteiger partial charge in [0.2, 0.25) is 11.7 Å². The molecule has 0 amide bonds. The molecular formula is C23H35N5O2. The fourth-order valence-electron chi connectivity index (χ4n) is 4.91. The summed E-state index contributed by atoms with van der Waals surface area (Å²) >= 11 is 0. The van der Waals surface area contributed by atoms with Gasteiger partial charge in [-0.25, -0.2) is 0 Å². The molecule has 30 heavy (non-hydrogen) atoms. The van der Waals surface area contributed by atoms with Gasteiger partial charge in [-0.15, -0.1) is 0 Å². The molecule has 0 radical (unpaired) electrons. The monoisotopic (exact) mass is 413 g/mol. The predicted molar refractivity (Wildman–Crippen MR) is 117 cm³/mol. The lowest BCUT2D eigenvalue weighted by molar-refractivity contribution is -0.00247. The van der Waals surface area contributed by atoms with Crippen molar-refractivity contribution in [1.82, 2.24) is 24.8 Å². The van der Waals surface area contributed by atoms with Crippen LogP contribution in [0.1, 0.15) is 39.0 Å². The summed E-state index contributed by atoms with van der Waals surface area (Å²) in [7, 11) is 0. The number of aromatic nitrogens is 2.